The molecule has 0 aliphatic rings. The molecule has 0 amide bonds. The Morgan fingerprint density at radius 3 is 1.54 bits per heavy atom. The van der Waals surface area contributed by atoms with Gasteiger partial charge in [0.2, 0.25) is 0 Å². The van der Waals surface area contributed by atoms with Crippen molar-refractivity contribution in [3.8, 4) is 22.3 Å². The van der Waals surface area contributed by atoms with Crippen molar-refractivity contribution < 1.29 is 4.42 Å². The van der Waals surface area contributed by atoms with E-state index < -0.39 is 0 Å². The Balaban J connectivity index is 1.71. The van der Waals surface area contributed by atoms with E-state index in [-0.39, 0.29) is 16.4 Å². The van der Waals surface area contributed by atoms with Crippen molar-refractivity contribution in [2.24, 2.45) is 0 Å². The van der Waals surface area contributed by atoms with Gasteiger partial charge >= 0.3 is 0 Å². The average Bonchev–Trinajstić information content (AvgIpc) is 3.33. The summed E-state index contributed by atoms with van der Waals surface area (Å²) in [5, 5.41) is 5.91. The number of furan rings is 1. The lowest BCUT2D eigenvalue weighted by atomic mass is 9.59. The van der Waals surface area contributed by atoms with E-state index in [9.17, 15) is 0 Å². The second kappa shape index (κ2) is 8.78. The summed E-state index contributed by atoms with van der Waals surface area (Å²) in [5.41, 5.74) is 7.03. The van der Waals surface area contributed by atoms with Gasteiger partial charge < -0.3 is 4.42 Å². The maximum Gasteiger partial charge on any atom is 0.136 e. The monoisotopic (exact) mass is 480 g/mol. The molecule has 0 saturated heterocycles. The first kappa shape index (κ1) is 24.1. The summed E-state index contributed by atoms with van der Waals surface area (Å²) in [7, 11) is 38.1. The number of hydrogen-bond donors (Lipinski definition) is 0. The maximum atomic E-state index is 6.59. The van der Waals surface area contributed by atoms with Crippen molar-refractivity contribution in [3.05, 3.63) is 84.9 Å². The molecule has 0 saturated carbocycles. The van der Waals surface area contributed by atoms with Gasteiger partial charge in [-0.15, -0.1) is 16.4 Å². The third-order valence-electron chi connectivity index (χ3n) is 7.67. The predicted molar refractivity (Wildman–Crippen MR) is 172 cm³/mol. The van der Waals surface area contributed by atoms with E-state index in [0.717, 1.165) is 60.2 Å². The summed E-state index contributed by atoms with van der Waals surface area (Å²) in [6.07, 6.45) is 0. The minimum absolute atomic E-state index is 0.191. The first-order valence-corrected chi connectivity index (χ1v) is 12.5. The van der Waals surface area contributed by atoms with E-state index in [1.54, 1.807) is 0 Å². The number of fused-ring (bicyclic) bond motifs is 5. The van der Waals surface area contributed by atoms with Crippen molar-refractivity contribution in [2.45, 2.75) is 0 Å². The fraction of sp³-hybridized carbons (Fsp3) is 0. The van der Waals surface area contributed by atoms with Gasteiger partial charge in [-0.1, -0.05) is 89.2 Å². The van der Waals surface area contributed by atoms with E-state index in [4.69, 9.17) is 51.5 Å². The molecule has 1 heterocycles. The van der Waals surface area contributed by atoms with Crippen LogP contribution in [0.25, 0.3) is 65.7 Å². The van der Waals surface area contributed by atoms with Crippen LogP contribution in [0.15, 0.2) is 89.3 Å². The van der Waals surface area contributed by atoms with E-state index in [1.807, 2.05) is 54.6 Å². The van der Waals surface area contributed by atoms with Crippen molar-refractivity contribution in [3.63, 3.8) is 0 Å². The normalized spacial score (nSPS) is 11.7. The molecule has 0 aliphatic carbocycles. The zero-order chi connectivity index (χ0) is 27.0. The third-order valence-corrected chi connectivity index (χ3v) is 7.67. The molecular formula is C32H14B6O. The summed E-state index contributed by atoms with van der Waals surface area (Å²) >= 11 is 0. The lowest BCUT2D eigenvalue weighted by molar-refractivity contribution is 0.669. The van der Waals surface area contributed by atoms with Gasteiger partial charge in [0.1, 0.15) is 58.2 Å². The van der Waals surface area contributed by atoms with Crippen molar-refractivity contribution in [1.82, 2.24) is 0 Å². The van der Waals surface area contributed by atoms with Crippen LogP contribution in [-0.2, 0) is 0 Å². The fourth-order valence-electron chi connectivity index (χ4n) is 5.86. The Labute approximate surface area is 234 Å². The van der Waals surface area contributed by atoms with E-state index in [0.29, 0.717) is 22.0 Å². The van der Waals surface area contributed by atoms with Gasteiger partial charge in [0.25, 0.3) is 0 Å². The molecule has 7 heteroatoms. The lowest BCUT2D eigenvalue weighted by Gasteiger charge is -2.25. The highest BCUT2D eigenvalue weighted by molar-refractivity contribution is 6.69. The van der Waals surface area contributed by atoms with Crippen LogP contribution in [0.5, 0.6) is 0 Å². The van der Waals surface area contributed by atoms with Crippen LogP contribution in [0.4, 0.5) is 0 Å². The van der Waals surface area contributed by atoms with Crippen LogP contribution in [0, 0.1) is 0 Å². The quantitative estimate of drug-likeness (QED) is 0.273. The van der Waals surface area contributed by atoms with Gasteiger partial charge in [-0.2, -0.15) is 0 Å². The van der Waals surface area contributed by atoms with Crippen LogP contribution in [0.1, 0.15) is 0 Å². The number of rotatable bonds is 2. The molecule has 6 aromatic carbocycles. The second-order valence-electron chi connectivity index (χ2n) is 9.82. The van der Waals surface area contributed by atoms with Gasteiger partial charge in [0, 0.05) is 10.8 Å². The highest BCUT2D eigenvalue weighted by Gasteiger charge is 2.22. The zero-order valence-corrected chi connectivity index (χ0v) is 21.0. The predicted octanol–water partition coefficient (Wildman–Crippen LogP) is 1.99. The molecule has 0 spiro atoms. The fourth-order valence-corrected chi connectivity index (χ4v) is 5.86. The molecule has 0 aliphatic heterocycles. The average molecular weight is 479 g/mol. The Kier molecular flexibility index (Phi) is 5.42. The van der Waals surface area contributed by atoms with Gasteiger partial charge in [-0.3, -0.25) is 0 Å². The minimum Gasteiger partial charge on any atom is -0.456 e. The van der Waals surface area contributed by atoms with Crippen molar-refractivity contribution in [2.75, 3.05) is 0 Å². The van der Waals surface area contributed by atoms with Crippen molar-refractivity contribution in [1.29, 1.82) is 0 Å². The van der Waals surface area contributed by atoms with Gasteiger partial charge in [-0.05, 0) is 55.9 Å². The van der Waals surface area contributed by atoms with Crippen LogP contribution in [0.3, 0.4) is 0 Å². The third kappa shape index (κ3) is 3.42. The molecule has 0 atom stereocenters. The molecule has 12 radical (unpaired) electrons. The smallest absolute Gasteiger partial charge is 0.136 e. The molecule has 39 heavy (non-hydrogen) atoms. The van der Waals surface area contributed by atoms with Crippen LogP contribution < -0.4 is 32.8 Å². The van der Waals surface area contributed by atoms with E-state index >= 15 is 0 Å². The SMILES string of the molecule is [B]c1ccc2oc3cccc(-c4c5ccccc5c(-c5c([B])c([B])c([B])c([B])c5[B])c5ccccc45)c3c2c1. The maximum absolute atomic E-state index is 6.59. The van der Waals surface area contributed by atoms with E-state index in [2.05, 4.69) is 30.3 Å². The molecule has 1 aromatic heterocycles. The number of hydrogen-bond acceptors (Lipinski definition) is 1. The van der Waals surface area contributed by atoms with Crippen LogP contribution >= 0.6 is 0 Å². The summed E-state index contributed by atoms with van der Waals surface area (Å²) in [5.74, 6) is 0. The van der Waals surface area contributed by atoms with Gasteiger partial charge in [0.05, 0.1) is 0 Å². The van der Waals surface area contributed by atoms with E-state index in [1.165, 1.54) is 0 Å². The molecule has 0 bridgehead atoms. The molecule has 7 aromatic rings. The Hall–Kier alpha value is -3.97. The second-order valence-corrected chi connectivity index (χ2v) is 9.82. The summed E-state index contributed by atoms with van der Waals surface area (Å²) in [4.78, 5) is 0. The van der Waals surface area contributed by atoms with Crippen molar-refractivity contribution >= 4 is 123 Å². The molecule has 0 unspecified atom stereocenters. The Morgan fingerprint density at radius 1 is 0.410 bits per heavy atom. The molecule has 7 rings (SSSR count). The first-order chi connectivity index (χ1) is 18.9. The van der Waals surface area contributed by atoms with Crippen LogP contribution in [0.2, 0.25) is 0 Å². The highest BCUT2D eigenvalue weighted by Crippen LogP contribution is 2.46. The molecule has 1 nitrogen and oxygen atoms in total. The topological polar surface area (TPSA) is 13.1 Å². The molecule has 0 fully saturated rings. The largest absolute Gasteiger partial charge is 0.456 e. The summed E-state index contributed by atoms with van der Waals surface area (Å²) < 4.78 is 6.23. The van der Waals surface area contributed by atoms with Crippen LogP contribution in [-0.4, -0.2) is 47.1 Å². The highest BCUT2D eigenvalue weighted by atomic mass is 16.3. The zero-order valence-electron chi connectivity index (χ0n) is 21.0. The lowest BCUT2D eigenvalue weighted by Crippen LogP contribution is -2.55. The molecule has 166 valence electrons. The Bertz CT molecular complexity index is 2060. The summed E-state index contributed by atoms with van der Waals surface area (Å²) in [6, 6.07) is 28.2. The van der Waals surface area contributed by atoms with Gasteiger partial charge in [-0.25, -0.2) is 0 Å². The summed E-state index contributed by atoms with van der Waals surface area (Å²) in [6.45, 7) is 0. The number of benzene rings is 6. The van der Waals surface area contributed by atoms with Gasteiger partial charge in [0.15, 0.2) is 0 Å². The molecule has 0 N–H and O–H groups in total. The standard InChI is InChI=1S/C32H14B6O/c33-15-12-13-22-21(14-15)25-20(10-5-11-23(25)39-22)24-16-6-1-3-8-18(16)26(19-9-4-2-7-17(19)24)27-28(34)30(36)32(38)31(37)29(27)35/h1-14H. The Morgan fingerprint density at radius 2 is 0.949 bits per heavy atom. The molecular weight excluding hydrogens is 465 g/mol. The first-order valence-electron chi connectivity index (χ1n) is 12.5. The minimum atomic E-state index is 0.191.